The molecule has 17 heavy (non-hydrogen) atoms. The fraction of sp³-hybridized carbons (Fsp3) is 0.500. The lowest BCUT2D eigenvalue weighted by Crippen LogP contribution is -2.30. The third kappa shape index (κ3) is 3.56. The van der Waals surface area contributed by atoms with E-state index >= 15 is 0 Å². The number of anilines is 1. The first kappa shape index (κ1) is 12.1. The average Bonchev–Trinajstić information content (AvgIpc) is 2.57. The third-order valence-corrected chi connectivity index (χ3v) is 3.27. The van der Waals surface area contributed by atoms with Crippen LogP contribution in [-0.2, 0) is 0 Å². The van der Waals surface area contributed by atoms with E-state index in [4.69, 9.17) is 5.73 Å². The Balaban J connectivity index is 1.96. The van der Waals surface area contributed by atoms with Gasteiger partial charge in [0.05, 0.1) is 6.54 Å². The van der Waals surface area contributed by atoms with E-state index in [1.165, 1.54) is 25.7 Å². The van der Waals surface area contributed by atoms with Gasteiger partial charge in [0.1, 0.15) is 0 Å². The molecule has 1 fully saturated rings. The Kier molecular flexibility index (Phi) is 4.15. The minimum Gasteiger partial charge on any atom is -0.399 e. The third-order valence-electron chi connectivity index (χ3n) is 3.27. The fourth-order valence-electron chi connectivity index (χ4n) is 2.30. The fourth-order valence-corrected chi connectivity index (χ4v) is 2.30. The van der Waals surface area contributed by atoms with Crippen LogP contribution in [0.2, 0.25) is 0 Å². The van der Waals surface area contributed by atoms with Gasteiger partial charge in [0, 0.05) is 11.3 Å². The second-order valence-corrected chi connectivity index (χ2v) is 4.74. The van der Waals surface area contributed by atoms with Gasteiger partial charge >= 0.3 is 0 Å². The Hall–Kier alpha value is -1.35. The molecule has 0 saturated carbocycles. The highest BCUT2D eigenvalue weighted by molar-refractivity contribution is 5.98. The summed E-state index contributed by atoms with van der Waals surface area (Å²) in [6.07, 6.45) is 5.01. The first-order chi connectivity index (χ1) is 8.25. The van der Waals surface area contributed by atoms with Crippen molar-refractivity contribution in [3.8, 4) is 0 Å². The lowest BCUT2D eigenvalue weighted by atomic mass is 10.1. The van der Waals surface area contributed by atoms with Gasteiger partial charge in [-0.3, -0.25) is 9.69 Å². The number of hydrogen-bond donors (Lipinski definition) is 1. The van der Waals surface area contributed by atoms with Crippen LogP contribution in [-0.4, -0.2) is 30.3 Å². The number of nitrogens with two attached hydrogens (primary N) is 1. The second-order valence-electron chi connectivity index (χ2n) is 4.74. The minimum absolute atomic E-state index is 0.180. The molecule has 0 aliphatic carbocycles. The Labute approximate surface area is 103 Å². The number of likely N-dealkylation sites (tertiary alicyclic amines) is 1. The Bertz CT molecular complexity index is 382. The number of carbonyl (C=O) groups excluding carboxylic acids is 1. The summed E-state index contributed by atoms with van der Waals surface area (Å²) in [6, 6.07) is 7.25. The van der Waals surface area contributed by atoms with Gasteiger partial charge in [-0.2, -0.15) is 0 Å². The molecule has 0 spiro atoms. The van der Waals surface area contributed by atoms with Crippen LogP contribution in [0.25, 0.3) is 0 Å². The van der Waals surface area contributed by atoms with Crippen molar-refractivity contribution in [2.45, 2.75) is 25.7 Å². The molecule has 0 bridgehead atoms. The molecule has 1 heterocycles. The van der Waals surface area contributed by atoms with Crippen LogP contribution in [0, 0.1) is 0 Å². The summed E-state index contributed by atoms with van der Waals surface area (Å²) in [7, 11) is 0. The monoisotopic (exact) mass is 232 g/mol. The summed E-state index contributed by atoms with van der Waals surface area (Å²) in [6.45, 7) is 2.63. The Morgan fingerprint density at radius 2 is 1.88 bits per heavy atom. The van der Waals surface area contributed by atoms with E-state index in [2.05, 4.69) is 4.90 Å². The summed E-state index contributed by atoms with van der Waals surface area (Å²) in [5.74, 6) is 0.180. The molecular weight excluding hydrogens is 212 g/mol. The van der Waals surface area contributed by atoms with Gasteiger partial charge in [0.2, 0.25) is 0 Å². The van der Waals surface area contributed by atoms with Gasteiger partial charge in [-0.05, 0) is 38.1 Å². The van der Waals surface area contributed by atoms with E-state index in [0.29, 0.717) is 12.2 Å². The maximum atomic E-state index is 12.1. The predicted molar refractivity (Wildman–Crippen MR) is 70.1 cm³/mol. The molecule has 92 valence electrons. The number of rotatable bonds is 3. The molecule has 0 atom stereocenters. The number of ketones is 1. The van der Waals surface area contributed by atoms with E-state index in [9.17, 15) is 4.79 Å². The lowest BCUT2D eigenvalue weighted by Gasteiger charge is -2.18. The molecule has 0 unspecified atom stereocenters. The normalized spacial score (nSPS) is 17.6. The maximum Gasteiger partial charge on any atom is 0.176 e. The Morgan fingerprint density at radius 1 is 1.18 bits per heavy atom. The predicted octanol–water partition coefficient (Wildman–Crippen LogP) is 2.33. The van der Waals surface area contributed by atoms with E-state index in [1.807, 2.05) is 18.2 Å². The van der Waals surface area contributed by atoms with Crippen LogP contribution in [0.1, 0.15) is 36.0 Å². The van der Waals surface area contributed by atoms with E-state index in [1.54, 1.807) is 6.07 Å². The molecule has 1 aromatic carbocycles. The number of nitrogen functional groups attached to an aromatic ring is 1. The van der Waals surface area contributed by atoms with Crippen molar-refractivity contribution in [1.82, 2.24) is 4.90 Å². The number of hydrogen-bond acceptors (Lipinski definition) is 3. The maximum absolute atomic E-state index is 12.1. The van der Waals surface area contributed by atoms with Crippen molar-refractivity contribution >= 4 is 11.5 Å². The van der Waals surface area contributed by atoms with Crippen LogP contribution in [0.15, 0.2) is 24.3 Å². The zero-order valence-corrected chi connectivity index (χ0v) is 10.2. The topological polar surface area (TPSA) is 46.3 Å². The highest BCUT2D eigenvalue weighted by atomic mass is 16.1. The number of benzene rings is 1. The molecule has 1 aromatic rings. The molecule has 3 nitrogen and oxygen atoms in total. The first-order valence-electron chi connectivity index (χ1n) is 6.37. The van der Waals surface area contributed by atoms with Crippen molar-refractivity contribution in [3.05, 3.63) is 29.8 Å². The second kappa shape index (κ2) is 5.82. The van der Waals surface area contributed by atoms with Gasteiger partial charge < -0.3 is 5.73 Å². The van der Waals surface area contributed by atoms with E-state index < -0.39 is 0 Å². The molecule has 3 heteroatoms. The van der Waals surface area contributed by atoms with E-state index in [0.717, 1.165) is 18.7 Å². The summed E-state index contributed by atoms with van der Waals surface area (Å²) in [5, 5.41) is 0. The van der Waals surface area contributed by atoms with Gasteiger partial charge in [-0.25, -0.2) is 0 Å². The van der Waals surface area contributed by atoms with Gasteiger partial charge in [0.25, 0.3) is 0 Å². The zero-order valence-electron chi connectivity index (χ0n) is 10.2. The molecule has 1 aliphatic heterocycles. The number of nitrogens with zero attached hydrogens (tertiary/aromatic N) is 1. The van der Waals surface area contributed by atoms with Crippen LogP contribution in [0.5, 0.6) is 0 Å². The van der Waals surface area contributed by atoms with Crippen molar-refractivity contribution in [1.29, 1.82) is 0 Å². The highest BCUT2D eigenvalue weighted by Crippen LogP contribution is 2.12. The van der Waals surface area contributed by atoms with E-state index in [-0.39, 0.29) is 5.78 Å². The quantitative estimate of drug-likeness (QED) is 0.642. The molecule has 0 aromatic heterocycles. The van der Waals surface area contributed by atoms with Gasteiger partial charge in [0.15, 0.2) is 5.78 Å². The molecule has 2 N–H and O–H groups in total. The zero-order chi connectivity index (χ0) is 12.1. The molecule has 0 amide bonds. The van der Waals surface area contributed by atoms with Crippen molar-refractivity contribution in [2.24, 2.45) is 0 Å². The van der Waals surface area contributed by atoms with Crippen molar-refractivity contribution in [2.75, 3.05) is 25.4 Å². The summed E-state index contributed by atoms with van der Waals surface area (Å²) in [4.78, 5) is 14.3. The lowest BCUT2D eigenvalue weighted by molar-refractivity contribution is 0.0933. The highest BCUT2D eigenvalue weighted by Gasteiger charge is 2.14. The summed E-state index contributed by atoms with van der Waals surface area (Å²) in [5.41, 5.74) is 7.08. The van der Waals surface area contributed by atoms with Gasteiger partial charge in [-0.1, -0.05) is 25.0 Å². The molecular formula is C14H20N2O. The SMILES string of the molecule is Nc1cccc(C(=O)CN2CCCCCC2)c1. The standard InChI is InChI=1S/C14H20N2O/c15-13-7-5-6-12(10-13)14(17)11-16-8-3-1-2-4-9-16/h5-7,10H,1-4,8-9,11,15H2. The minimum atomic E-state index is 0.180. The average molecular weight is 232 g/mol. The summed E-state index contributed by atoms with van der Waals surface area (Å²) >= 11 is 0. The van der Waals surface area contributed by atoms with Crippen molar-refractivity contribution in [3.63, 3.8) is 0 Å². The first-order valence-corrected chi connectivity index (χ1v) is 6.37. The van der Waals surface area contributed by atoms with Crippen LogP contribution in [0.3, 0.4) is 0 Å². The van der Waals surface area contributed by atoms with Crippen LogP contribution in [0.4, 0.5) is 5.69 Å². The molecule has 2 rings (SSSR count). The number of Topliss-reactive ketones (excluding diaryl/α,β-unsaturated/α-hetero) is 1. The molecule has 1 aliphatic rings. The Morgan fingerprint density at radius 3 is 2.53 bits per heavy atom. The van der Waals surface area contributed by atoms with Crippen LogP contribution >= 0.6 is 0 Å². The largest absolute Gasteiger partial charge is 0.399 e. The number of carbonyl (C=O) groups is 1. The smallest absolute Gasteiger partial charge is 0.176 e. The molecule has 0 radical (unpaired) electrons. The molecule has 1 saturated heterocycles. The summed E-state index contributed by atoms with van der Waals surface area (Å²) < 4.78 is 0. The van der Waals surface area contributed by atoms with Crippen LogP contribution < -0.4 is 5.73 Å². The van der Waals surface area contributed by atoms with Gasteiger partial charge in [-0.15, -0.1) is 0 Å². The van der Waals surface area contributed by atoms with Crippen molar-refractivity contribution < 1.29 is 4.79 Å².